The molecule has 17 nitrogen and oxygen atoms in total. The van der Waals surface area contributed by atoms with E-state index in [1.165, 1.54) is 167 Å². The maximum absolute atomic E-state index is 13.1. The molecular weight excluding hydrogens is 1250 g/mol. The third kappa shape index (κ3) is 69.8. The molecule has 2 unspecified atom stereocenters. The van der Waals surface area contributed by atoms with Crippen molar-refractivity contribution >= 4 is 39.5 Å². The highest BCUT2D eigenvalue weighted by Crippen LogP contribution is 2.45. The molecule has 0 aromatic carbocycles. The zero-order valence-electron chi connectivity index (χ0n) is 61.5. The van der Waals surface area contributed by atoms with Crippen molar-refractivity contribution < 1.29 is 80.2 Å². The van der Waals surface area contributed by atoms with Crippen molar-refractivity contribution in [2.45, 2.75) is 387 Å². The molecule has 19 heteroatoms. The van der Waals surface area contributed by atoms with Gasteiger partial charge in [-0.15, -0.1) is 0 Å². The van der Waals surface area contributed by atoms with Crippen molar-refractivity contribution in [1.82, 2.24) is 0 Å². The molecule has 0 fully saturated rings. The van der Waals surface area contributed by atoms with Gasteiger partial charge < -0.3 is 33.8 Å². The van der Waals surface area contributed by atoms with Gasteiger partial charge in [-0.05, 0) is 63.2 Å². The maximum atomic E-state index is 13.1. The number of carbonyl (C=O) groups excluding carboxylic acids is 4. The van der Waals surface area contributed by atoms with Crippen LogP contribution in [0.2, 0.25) is 0 Å². The zero-order valence-corrected chi connectivity index (χ0v) is 63.2. The van der Waals surface area contributed by atoms with Crippen LogP contribution in [0.5, 0.6) is 0 Å². The molecule has 0 aliphatic rings. The Bertz CT molecular complexity index is 1930. The monoisotopic (exact) mass is 1390 g/mol. The molecule has 0 heterocycles. The second-order valence-corrected chi connectivity index (χ2v) is 30.6. The van der Waals surface area contributed by atoms with E-state index in [0.29, 0.717) is 25.7 Å². The number of aliphatic hydroxyl groups is 1. The van der Waals surface area contributed by atoms with Crippen LogP contribution in [-0.4, -0.2) is 96.7 Å². The first-order chi connectivity index (χ1) is 45.9. The Balaban J connectivity index is 5.29. The highest BCUT2D eigenvalue weighted by atomic mass is 31.2. The number of rotatable bonds is 73. The van der Waals surface area contributed by atoms with Crippen molar-refractivity contribution in [3.05, 3.63) is 24.3 Å². The van der Waals surface area contributed by atoms with Gasteiger partial charge in [-0.3, -0.25) is 37.3 Å². The quantitative estimate of drug-likeness (QED) is 0.0169. The van der Waals surface area contributed by atoms with Gasteiger partial charge >= 0.3 is 39.5 Å². The van der Waals surface area contributed by atoms with Crippen molar-refractivity contribution in [2.75, 3.05) is 39.6 Å². The normalized spacial score (nSPS) is 14.2. The predicted molar refractivity (Wildman–Crippen MR) is 386 cm³/mol. The standard InChI is InChI=1S/C76H144O17P2/c1-7-9-11-13-15-17-19-21-22-25-29-35-41-47-53-59-74(79)87-64-71(92-75(80)60-54-48-42-36-30-26-23-24-27-32-38-44-50-56-68(3)4)66-90-94(82,83)88-62-70(77)63-89-95(84,85)91-67-72(93-76(81)61-55-49-43-37-31-33-39-45-51-57-69(5)6)65-86-73(78)58-52-46-40-34-28-20-18-16-14-12-10-8-2/h17,19,21-22,68-72,77H,7-16,18,20,23-67H2,1-6H3,(H,82,83)(H,84,85)/b19-17-,22-21-/t70-,71-,72-/m1/s1. The Morgan fingerprint density at radius 2 is 0.568 bits per heavy atom. The van der Waals surface area contributed by atoms with Crippen molar-refractivity contribution in [3.8, 4) is 0 Å². The fourth-order valence-corrected chi connectivity index (χ4v) is 12.7. The first-order valence-corrected chi connectivity index (χ1v) is 41.8. The number of carbonyl (C=O) groups is 4. The average Bonchev–Trinajstić information content (AvgIpc) is 1.81. The Kier molecular flexibility index (Phi) is 65.6. The van der Waals surface area contributed by atoms with E-state index in [1.54, 1.807) is 0 Å². The summed E-state index contributed by atoms with van der Waals surface area (Å²) in [6.07, 6.45) is 57.6. The third-order valence-electron chi connectivity index (χ3n) is 17.1. The van der Waals surface area contributed by atoms with Gasteiger partial charge in [-0.1, -0.05) is 316 Å². The summed E-state index contributed by atoms with van der Waals surface area (Å²) in [5.74, 6) is -0.626. The molecular formula is C76H144O17P2. The number of phosphoric ester groups is 2. The summed E-state index contributed by atoms with van der Waals surface area (Å²) >= 11 is 0. The van der Waals surface area contributed by atoms with Crippen LogP contribution in [0.1, 0.15) is 369 Å². The van der Waals surface area contributed by atoms with Gasteiger partial charge in [0.2, 0.25) is 0 Å². The van der Waals surface area contributed by atoms with Crippen LogP contribution < -0.4 is 0 Å². The molecule has 0 aromatic heterocycles. The zero-order chi connectivity index (χ0) is 70.0. The SMILES string of the molecule is CCCCCC/C=C\C=C/CCCCCCCC(=O)OC[C@H](COP(=O)(O)OC[C@@H](O)COP(=O)(O)OC[C@@H](COC(=O)CCCCCCCCCCCCCC)OC(=O)CCCCCCCCCCCC(C)C)OC(=O)CCCCCCCCCCCCCCCC(C)C. The summed E-state index contributed by atoms with van der Waals surface area (Å²) in [4.78, 5) is 72.8. The maximum Gasteiger partial charge on any atom is 0.472 e. The first kappa shape index (κ1) is 92.5. The van der Waals surface area contributed by atoms with E-state index >= 15 is 0 Å². The topological polar surface area (TPSA) is 237 Å². The molecule has 3 N–H and O–H groups in total. The van der Waals surface area contributed by atoms with Crippen LogP contribution in [0.25, 0.3) is 0 Å². The van der Waals surface area contributed by atoms with Gasteiger partial charge in [0.1, 0.15) is 19.3 Å². The Morgan fingerprint density at radius 1 is 0.326 bits per heavy atom. The minimum atomic E-state index is -4.96. The Hall–Kier alpha value is -2.46. The van der Waals surface area contributed by atoms with Gasteiger partial charge in [0.15, 0.2) is 12.2 Å². The first-order valence-electron chi connectivity index (χ1n) is 38.8. The molecule has 5 atom stereocenters. The van der Waals surface area contributed by atoms with Crippen LogP contribution in [0.4, 0.5) is 0 Å². The number of hydrogen-bond donors (Lipinski definition) is 3. The number of esters is 4. The Labute approximate surface area is 580 Å². The predicted octanol–water partition coefficient (Wildman–Crippen LogP) is 21.9. The number of unbranched alkanes of at least 4 members (excludes halogenated alkanes) is 40. The number of allylic oxidation sites excluding steroid dienone is 4. The molecule has 560 valence electrons. The third-order valence-corrected chi connectivity index (χ3v) is 19.0. The highest BCUT2D eigenvalue weighted by Gasteiger charge is 2.30. The van der Waals surface area contributed by atoms with E-state index in [0.717, 1.165) is 121 Å². The molecule has 95 heavy (non-hydrogen) atoms. The molecule has 0 spiro atoms. The Morgan fingerprint density at radius 3 is 0.863 bits per heavy atom. The molecule has 0 radical (unpaired) electrons. The highest BCUT2D eigenvalue weighted by molar-refractivity contribution is 7.47. The molecule has 0 aromatic rings. The van der Waals surface area contributed by atoms with Gasteiger partial charge in [-0.2, -0.15) is 0 Å². The number of phosphoric acid groups is 2. The number of hydrogen-bond acceptors (Lipinski definition) is 15. The van der Waals surface area contributed by atoms with Crippen LogP contribution in [-0.2, 0) is 65.4 Å². The molecule has 0 aliphatic heterocycles. The van der Waals surface area contributed by atoms with Gasteiger partial charge in [0.25, 0.3) is 0 Å². The van der Waals surface area contributed by atoms with Gasteiger partial charge in [0, 0.05) is 25.7 Å². The lowest BCUT2D eigenvalue weighted by Crippen LogP contribution is -2.30. The fraction of sp³-hybridized carbons (Fsp3) is 0.895. The lowest BCUT2D eigenvalue weighted by Gasteiger charge is -2.21. The summed E-state index contributed by atoms with van der Waals surface area (Å²) in [7, 11) is -9.92. The van der Waals surface area contributed by atoms with Gasteiger partial charge in [0.05, 0.1) is 26.4 Å². The summed E-state index contributed by atoms with van der Waals surface area (Å²) in [5, 5.41) is 10.6. The second-order valence-electron chi connectivity index (χ2n) is 27.7. The van der Waals surface area contributed by atoms with Crippen LogP contribution >= 0.6 is 15.6 Å². The molecule has 0 aliphatic carbocycles. The smallest absolute Gasteiger partial charge is 0.462 e. The molecule has 0 saturated heterocycles. The van der Waals surface area contributed by atoms with Crippen LogP contribution in [0.15, 0.2) is 24.3 Å². The molecule has 0 saturated carbocycles. The van der Waals surface area contributed by atoms with E-state index in [2.05, 4.69) is 65.8 Å². The summed E-state index contributed by atoms with van der Waals surface area (Å²) < 4.78 is 68.5. The van der Waals surface area contributed by atoms with E-state index in [9.17, 15) is 43.2 Å². The summed E-state index contributed by atoms with van der Waals surface area (Å²) in [5.41, 5.74) is 0. The largest absolute Gasteiger partial charge is 0.472 e. The van der Waals surface area contributed by atoms with E-state index in [1.807, 2.05) is 0 Å². The summed E-state index contributed by atoms with van der Waals surface area (Å²) in [6, 6.07) is 0. The molecule has 0 amide bonds. The van der Waals surface area contributed by atoms with Crippen LogP contribution in [0.3, 0.4) is 0 Å². The van der Waals surface area contributed by atoms with Crippen molar-refractivity contribution in [1.29, 1.82) is 0 Å². The lowest BCUT2D eigenvalue weighted by molar-refractivity contribution is -0.161. The number of ether oxygens (including phenoxy) is 4. The lowest BCUT2D eigenvalue weighted by atomic mass is 10.0. The van der Waals surface area contributed by atoms with E-state index in [4.69, 9.17) is 37.0 Å². The fourth-order valence-electron chi connectivity index (χ4n) is 11.1. The summed E-state index contributed by atoms with van der Waals surface area (Å²) in [6.45, 7) is 9.52. The minimum absolute atomic E-state index is 0.100. The van der Waals surface area contributed by atoms with E-state index in [-0.39, 0.29) is 25.7 Å². The van der Waals surface area contributed by atoms with Gasteiger partial charge in [-0.25, -0.2) is 9.13 Å². The molecule has 0 bridgehead atoms. The number of aliphatic hydroxyl groups excluding tert-OH is 1. The van der Waals surface area contributed by atoms with E-state index < -0.39 is 97.5 Å². The molecule has 0 rings (SSSR count). The van der Waals surface area contributed by atoms with Crippen molar-refractivity contribution in [3.63, 3.8) is 0 Å². The average molecular weight is 1390 g/mol. The minimum Gasteiger partial charge on any atom is -0.462 e. The van der Waals surface area contributed by atoms with Crippen LogP contribution in [0, 0.1) is 11.8 Å². The second kappa shape index (κ2) is 67.4. The van der Waals surface area contributed by atoms with Crippen molar-refractivity contribution in [2.24, 2.45) is 11.8 Å².